The topological polar surface area (TPSA) is 9.23 Å². The second-order valence-electron chi connectivity index (χ2n) is 2.69. The van der Waals surface area contributed by atoms with Crippen molar-refractivity contribution in [2.75, 3.05) is 7.11 Å². The Morgan fingerprint density at radius 3 is 2.85 bits per heavy atom. The van der Waals surface area contributed by atoms with Gasteiger partial charge in [0.25, 0.3) is 0 Å². The molecule has 2 heteroatoms. The van der Waals surface area contributed by atoms with Crippen molar-refractivity contribution in [1.82, 2.24) is 0 Å². The predicted molar refractivity (Wildman–Crippen MR) is 55.9 cm³/mol. The molecule has 0 saturated heterocycles. The largest absolute Gasteiger partial charge is 0.489 e. The number of hydrogen-bond donors (Lipinski definition) is 0. The predicted octanol–water partition coefficient (Wildman–Crippen LogP) is 3.21. The second-order valence-corrected chi connectivity index (χ2v) is 3.61. The SMILES string of the molecule is COc1c#cc2cc(Br)ccc2c1. The molecule has 0 aliphatic heterocycles. The Bertz CT molecular complexity index is 437. The maximum absolute atomic E-state index is 5.05. The van der Waals surface area contributed by atoms with E-state index in [2.05, 4.69) is 28.1 Å². The second kappa shape index (κ2) is 3.27. The third-order valence-electron chi connectivity index (χ3n) is 1.84. The molecule has 0 aliphatic carbocycles. The summed E-state index contributed by atoms with van der Waals surface area (Å²) in [5, 5.41) is 2.15. The van der Waals surface area contributed by atoms with Gasteiger partial charge in [-0.25, -0.2) is 0 Å². The van der Waals surface area contributed by atoms with Crippen LogP contribution in [0.5, 0.6) is 5.75 Å². The number of rotatable bonds is 1. The molecular formula is C11H7BrO. The fourth-order valence-electron chi connectivity index (χ4n) is 1.18. The van der Waals surface area contributed by atoms with E-state index >= 15 is 0 Å². The van der Waals surface area contributed by atoms with E-state index in [0.717, 1.165) is 21.0 Å². The van der Waals surface area contributed by atoms with Crippen molar-refractivity contribution in [3.8, 4) is 5.75 Å². The van der Waals surface area contributed by atoms with Crippen LogP contribution in [0.2, 0.25) is 0 Å². The van der Waals surface area contributed by atoms with Gasteiger partial charge in [-0.05, 0) is 29.7 Å². The highest BCUT2D eigenvalue weighted by molar-refractivity contribution is 9.10. The summed E-state index contributed by atoms with van der Waals surface area (Å²) in [4.78, 5) is 0. The van der Waals surface area contributed by atoms with Crippen LogP contribution < -0.4 is 4.74 Å². The van der Waals surface area contributed by atoms with Crippen molar-refractivity contribution < 1.29 is 4.74 Å². The van der Waals surface area contributed by atoms with Crippen molar-refractivity contribution in [3.63, 3.8) is 0 Å². The molecule has 2 aromatic carbocycles. The van der Waals surface area contributed by atoms with Crippen molar-refractivity contribution in [1.29, 1.82) is 0 Å². The molecule has 13 heavy (non-hydrogen) atoms. The molecule has 0 radical (unpaired) electrons. The minimum Gasteiger partial charge on any atom is -0.489 e. The molecule has 1 nitrogen and oxygen atoms in total. The Hall–Kier alpha value is -1.20. The molecule has 0 heterocycles. The first-order valence-electron chi connectivity index (χ1n) is 3.87. The molecule has 0 unspecified atom stereocenters. The Morgan fingerprint density at radius 1 is 1.23 bits per heavy atom. The van der Waals surface area contributed by atoms with Gasteiger partial charge in [0.2, 0.25) is 0 Å². The highest BCUT2D eigenvalue weighted by Gasteiger charge is 1.95. The minimum atomic E-state index is 0.717. The lowest BCUT2D eigenvalue weighted by Gasteiger charge is -1.97. The normalized spacial score (nSPS) is 9.69. The zero-order chi connectivity index (χ0) is 9.26. The summed E-state index contributed by atoms with van der Waals surface area (Å²) in [7, 11) is 1.63. The van der Waals surface area contributed by atoms with Gasteiger partial charge in [0, 0.05) is 9.86 Å². The number of halogens is 1. The van der Waals surface area contributed by atoms with E-state index in [9.17, 15) is 0 Å². The molecule has 0 N–H and O–H groups in total. The first-order chi connectivity index (χ1) is 6.29. The lowest BCUT2D eigenvalue weighted by molar-refractivity contribution is 0.415. The monoisotopic (exact) mass is 234 g/mol. The van der Waals surface area contributed by atoms with Gasteiger partial charge in [-0.15, -0.1) is 0 Å². The number of hydrogen-bond acceptors (Lipinski definition) is 1. The van der Waals surface area contributed by atoms with Gasteiger partial charge < -0.3 is 4.74 Å². The van der Waals surface area contributed by atoms with Crippen molar-refractivity contribution in [3.05, 3.63) is 40.9 Å². The summed E-state index contributed by atoms with van der Waals surface area (Å²) in [5.41, 5.74) is 0. The van der Waals surface area contributed by atoms with Gasteiger partial charge in [0.05, 0.1) is 7.11 Å². The number of ether oxygens (including phenoxy) is 1. The average Bonchev–Trinajstić information content (AvgIpc) is 2.17. The maximum atomic E-state index is 5.05. The van der Waals surface area contributed by atoms with Gasteiger partial charge in [0.15, 0.2) is 5.75 Å². The van der Waals surface area contributed by atoms with Crippen molar-refractivity contribution in [2.24, 2.45) is 0 Å². The summed E-state index contributed by atoms with van der Waals surface area (Å²) in [6.45, 7) is 0. The van der Waals surface area contributed by atoms with Gasteiger partial charge in [0.1, 0.15) is 0 Å². The van der Waals surface area contributed by atoms with Gasteiger partial charge >= 0.3 is 0 Å². The van der Waals surface area contributed by atoms with Crippen LogP contribution in [0.25, 0.3) is 10.8 Å². The highest BCUT2D eigenvalue weighted by atomic mass is 79.9. The van der Waals surface area contributed by atoms with Gasteiger partial charge in [-0.3, -0.25) is 0 Å². The summed E-state index contributed by atoms with van der Waals surface area (Å²) >= 11 is 3.40. The van der Waals surface area contributed by atoms with Crippen LogP contribution in [0.15, 0.2) is 28.7 Å². The van der Waals surface area contributed by atoms with Crippen LogP contribution in [0, 0.1) is 12.1 Å². The molecule has 0 aromatic heterocycles. The lowest BCUT2D eigenvalue weighted by atomic mass is 10.1. The van der Waals surface area contributed by atoms with E-state index in [1.807, 2.05) is 24.3 Å². The first-order valence-corrected chi connectivity index (χ1v) is 4.66. The zero-order valence-corrected chi connectivity index (χ0v) is 8.68. The summed E-state index contributed by atoms with van der Waals surface area (Å²) in [6.07, 6.45) is 0. The fraction of sp³-hybridized carbons (Fsp3) is 0.0909. The summed E-state index contributed by atoms with van der Waals surface area (Å²) in [6, 6.07) is 13.9. The lowest BCUT2D eigenvalue weighted by Crippen LogP contribution is -1.80. The van der Waals surface area contributed by atoms with Crippen molar-refractivity contribution >= 4 is 26.7 Å². The average molecular weight is 235 g/mol. The maximum Gasteiger partial charge on any atom is 0.170 e. The number of methoxy groups -OCH3 is 1. The van der Waals surface area contributed by atoms with Crippen LogP contribution >= 0.6 is 15.9 Å². The molecule has 64 valence electrons. The van der Waals surface area contributed by atoms with E-state index in [1.165, 1.54) is 0 Å². The van der Waals surface area contributed by atoms with E-state index in [4.69, 9.17) is 4.74 Å². The van der Waals surface area contributed by atoms with Crippen LogP contribution in [0.4, 0.5) is 0 Å². The molecule has 0 saturated carbocycles. The highest BCUT2D eigenvalue weighted by Crippen LogP contribution is 2.20. The molecule has 2 aromatic rings. The molecule has 0 spiro atoms. The summed E-state index contributed by atoms with van der Waals surface area (Å²) in [5.74, 6) is 0.717. The first kappa shape index (κ1) is 8.40. The molecule has 0 bridgehead atoms. The standard InChI is InChI=1S/C11H7BrO/c1-13-11-5-3-8-6-10(12)4-2-9(8)7-11/h2,4,6-7H,1H3. The third kappa shape index (κ3) is 1.61. The molecule has 0 amide bonds. The Labute approximate surface area is 85.5 Å². The summed E-state index contributed by atoms with van der Waals surface area (Å²) < 4.78 is 6.10. The fourth-order valence-corrected chi connectivity index (χ4v) is 1.54. The van der Waals surface area contributed by atoms with Crippen LogP contribution in [-0.2, 0) is 0 Å². The van der Waals surface area contributed by atoms with E-state index in [-0.39, 0.29) is 0 Å². The van der Waals surface area contributed by atoms with Crippen LogP contribution in [0.3, 0.4) is 0 Å². The molecule has 0 aliphatic rings. The minimum absolute atomic E-state index is 0.717. The van der Waals surface area contributed by atoms with Gasteiger partial charge in [-0.1, -0.05) is 28.1 Å². The van der Waals surface area contributed by atoms with Gasteiger partial charge in [-0.2, -0.15) is 0 Å². The van der Waals surface area contributed by atoms with Crippen molar-refractivity contribution in [2.45, 2.75) is 0 Å². The van der Waals surface area contributed by atoms with Crippen LogP contribution in [-0.4, -0.2) is 7.11 Å². The quantitative estimate of drug-likeness (QED) is 0.737. The Balaban J connectivity index is 2.66. The van der Waals surface area contributed by atoms with E-state index < -0.39 is 0 Å². The molecule has 0 fully saturated rings. The zero-order valence-electron chi connectivity index (χ0n) is 7.10. The van der Waals surface area contributed by atoms with E-state index in [1.54, 1.807) is 7.11 Å². The molecular weight excluding hydrogens is 228 g/mol. The van der Waals surface area contributed by atoms with Crippen LogP contribution in [0.1, 0.15) is 0 Å². The number of fused-ring (bicyclic) bond motifs is 1. The Kier molecular flexibility index (Phi) is 2.12. The Morgan fingerprint density at radius 2 is 2.08 bits per heavy atom. The van der Waals surface area contributed by atoms with E-state index in [0.29, 0.717) is 0 Å². The smallest absolute Gasteiger partial charge is 0.170 e. The number of benzene rings is 1. The third-order valence-corrected chi connectivity index (χ3v) is 2.34. The molecule has 0 atom stereocenters. The molecule has 2 rings (SSSR count).